The fourth-order valence-corrected chi connectivity index (χ4v) is 6.49. The largest absolute Gasteiger partial charge is 0.495 e. The second-order valence-electron chi connectivity index (χ2n) is 8.95. The van der Waals surface area contributed by atoms with E-state index in [1.165, 1.54) is 11.1 Å². The summed E-state index contributed by atoms with van der Waals surface area (Å²) >= 11 is 0. The fraction of sp³-hybridized carbons (Fsp3) is 0.696. The number of Topliss-reactive ketones (excluding diaryl/α,β-unsaturated/α-hetero) is 1. The molecule has 4 rings (SSSR count). The number of hydrogen-bond acceptors (Lipinski definition) is 5. The van der Waals surface area contributed by atoms with Crippen LogP contribution in [0.1, 0.15) is 56.1 Å². The topological polar surface area (TPSA) is 70.0 Å². The highest BCUT2D eigenvalue weighted by Gasteiger charge is 2.54. The zero-order chi connectivity index (χ0) is 19.9. The summed E-state index contributed by atoms with van der Waals surface area (Å²) in [6.07, 6.45) is 5.95. The van der Waals surface area contributed by atoms with Crippen molar-refractivity contribution in [1.29, 1.82) is 0 Å². The lowest BCUT2D eigenvalue weighted by Gasteiger charge is -2.49. The van der Waals surface area contributed by atoms with E-state index in [1.54, 1.807) is 7.11 Å². The van der Waals surface area contributed by atoms with Crippen molar-refractivity contribution in [2.24, 2.45) is 17.3 Å². The molecule has 0 aromatic heterocycles. The Bertz CT molecular complexity index is 742. The van der Waals surface area contributed by atoms with Crippen LogP contribution in [-0.4, -0.2) is 49.4 Å². The molecule has 0 saturated heterocycles. The third-order valence-corrected chi connectivity index (χ3v) is 7.83. The van der Waals surface area contributed by atoms with Crippen molar-refractivity contribution in [3.63, 3.8) is 0 Å². The third-order valence-electron chi connectivity index (χ3n) is 7.83. The number of anilines is 1. The number of nitrogens with zero attached hydrogens (tertiary/aromatic N) is 1. The van der Waals surface area contributed by atoms with Gasteiger partial charge in [-0.2, -0.15) is 0 Å². The number of ether oxygens (including phenoxy) is 1. The van der Waals surface area contributed by atoms with Crippen LogP contribution in [0.15, 0.2) is 12.1 Å². The summed E-state index contributed by atoms with van der Waals surface area (Å²) in [5, 5.41) is 19.1. The summed E-state index contributed by atoms with van der Waals surface area (Å²) in [4.78, 5) is 14.6. The molecule has 5 heteroatoms. The van der Waals surface area contributed by atoms with Gasteiger partial charge in [-0.25, -0.2) is 0 Å². The second-order valence-corrected chi connectivity index (χ2v) is 8.95. The minimum absolute atomic E-state index is 0.0431. The maximum atomic E-state index is 12.6. The molecule has 1 aromatic rings. The van der Waals surface area contributed by atoms with Crippen LogP contribution in [0.4, 0.5) is 5.69 Å². The van der Waals surface area contributed by atoms with Gasteiger partial charge in [0.15, 0.2) is 0 Å². The molecule has 2 fully saturated rings. The molecular formula is C23H33NO4. The van der Waals surface area contributed by atoms with Crippen molar-refractivity contribution in [2.75, 3.05) is 38.3 Å². The van der Waals surface area contributed by atoms with E-state index in [0.29, 0.717) is 36.6 Å². The zero-order valence-corrected chi connectivity index (χ0v) is 17.1. The Morgan fingerprint density at radius 3 is 2.57 bits per heavy atom. The smallest absolute Gasteiger partial charge is 0.142 e. The van der Waals surface area contributed by atoms with Gasteiger partial charge in [0.2, 0.25) is 0 Å². The molecule has 3 aliphatic rings. The standard InChI is InChI=1S/C23H33NO4/c1-23-10-9-16-15-5-7-20(28-2)22(24(11-13-25)12-14-26)18(15)4-3-17(16)19(23)6-8-21(23)27/h5,7,16-17,19,25-26H,3-4,6,8-14H2,1-2H3/t16-,17+,19+,23+/m1/s1. The number of ketones is 1. The third kappa shape index (κ3) is 2.94. The lowest BCUT2D eigenvalue weighted by Crippen LogP contribution is -2.43. The van der Waals surface area contributed by atoms with Gasteiger partial charge in [0.25, 0.3) is 0 Å². The Morgan fingerprint density at radius 1 is 1.14 bits per heavy atom. The van der Waals surface area contributed by atoms with E-state index in [9.17, 15) is 15.0 Å². The summed E-state index contributed by atoms with van der Waals surface area (Å²) in [6, 6.07) is 4.27. The van der Waals surface area contributed by atoms with E-state index in [4.69, 9.17) is 4.74 Å². The molecule has 4 atom stereocenters. The molecule has 154 valence electrons. The lowest BCUT2D eigenvalue weighted by molar-refractivity contribution is -0.129. The van der Waals surface area contributed by atoms with Gasteiger partial charge < -0.3 is 19.8 Å². The summed E-state index contributed by atoms with van der Waals surface area (Å²) in [5.74, 6) is 2.90. The summed E-state index contributed by atoms with van der Waals surface area (Å²) in [7, 11) is 1.68. The number of aliphatic hydroxyl groups excluding tert-OH is 2. The molecule has 0 heterocycles. The fourth-order valence-electron chi connectivity index (χ4n) is 6.49. The number of aliphatic hydroxyl groups is 2. The Balaban J connectivity index is 1.74. The normalized spacial score (nSPS) is 31.1. The SMILES string of the molecule is COc1ccc2c(c1N(CCO)CCO)CC[C@H]1[C@@H]2CC[C@]2(C)C(=O)CC[C@@H]12. The number of carbonyl (C=O) groups is 1. The van der Waals surface area contributed by atoms with Crippen LogP contribution in [0, 0.1) is 17.3 Å². The highest BCUT2D eigenvalue weighted by Crippen LogP contribution is 2.60. The molecule has 28 heavy (non-hydrogen) atoms. The van der Waals surface area contributed by atoms with Crippen LogP contribution >= 0.6 is 0 Å². The summed E-state index contributed by atoms with van der Waals surface area (Å²) in [6.45, 7) is 3.26. The van der Waals surface area contributed by atoms with E-state index in [2.05, 4.69) is 17.9 Å². The molecular weight excluding hydrogens is 354 g/mol. The van der Waals surface area contributed by atoms with Crippen molar-refractivity contribution in [1.82, 2.24) is 0 Å². The monoisotopic (exact) mass is 387 g/mol. The van der Waals surface area contributed by atoms with Crippen LogP contribution in [-0.2, 0) is 11.2 Å². The number of rotatable bonds is 6. The Kier molecular flexibility index (Phi) is 5.41. The van der Waals surface area contributed by atoms with E-state index in [-0.39, 0.29) is 18.6 Å². The van der Waals surface area contributed by atoms with E-state index >= 15 is 0 Å². The summed E-state index contributed by atoms with van der Waals surface area (Å²) in [5.41, 5.74) is 3.65. The van der Waals surface area contributed by atoms with Gasteiger partial charge in [-0.1, -0.05) is 13.0 Å². The van der Waals surface area contributed by atoms with Crippen LogP contribution < -0.4 is 9.64 Å². The van der Waals surface area contributed by atoms with Gasteiger partial charge in [-0.3, -0.25) is 4.79 Å². The average molecular weight is 388 g/mol. The van der Waals surface area contributed by atoms with E-state index in [1.807, 2.05) is 6.07 Å². The molecule has 2 saturated carbocycles. The summed E-state index contributed by atoms with van der Waals surface area (Å²) < 4.78 is 5.67. The molecule has 0 spiro atoms. The molecule has 0 bridgehead atoms. The minimum Gasteiger partial charge on any atom is -0.495 e. The highest BCUT2D eigenvalue weighted by atomic mass is 16.5. The van der Waals surface area contributed by atoms with E-state index < -0.39 is 0 Å². The first-order valence-electron chi connectivity index (χ1n) is 10.7. The molecule has 0 amide bonds. The van der Waals surface area contributed by atoms with Crippen molar-refractivity contribution in [3.05, 3.63) is 23.3 Å². The molecule has 1 aromatic carbocycles. The van der Waals surface area contributed by atoms with Crippen molar-refractivity contribution >= 4 is 11.5 Å². The van der Waals surface area contributed by atoms with Crippen LogP contribution in [0.5, 0.6) is 5.75 Å². The van der Waals surface area contributed by atoms with Crippen molar-refractivity contribution in [2.45, 2.75) is 51.4 Å². The van der Waals surface area contributed by atoms with Crippen LogP contribution in [0.2, 0.25) is 0 Å². The number of methoxy groups -OCH3 is 1. The second kappa shape index (κ2) is 7.68. The number of hydrogen-bond donors (Lipinski definition) is 2. The first-order chi connectivity index (χ1) is 13.5. The van der Waals surface area contributed by atoms with Gasteiger partial charge in [-0.05, 0) is 67.1 Å². The molecule has 0 unspecified atom stereocenters. The van der Waals surface area contributed by atoms with Gasteiger partial charge >= 0.3 is 0 Å². The Morgan fingerprint density at radius 2 is 1.89 bits per heavy atom. The van der Waals surface area contributed by atoms with Crippen molar-refractivity contribution in [3.8, 4) is 5.75 Å². The lowest BCUT2D eigenvalue weighted by atomic mass is 9.55. The van der Waals surface area contributed by atoms with Gasteiger partial charge in [-0.15, -0.1) is 0 Å². The minimum atomic E-state index is -0.103. The van der Waals surface area contributed by atoms with Crippen molar-refractivity contribution < 1.29 is 19.7 Å². The maximum Gasteiger partial charge on any atom is 0.142 e. The number of carbonyl (C=O) groups excluding carboxylic acids is 1. The molecule has 3 aliphatic carbocycles. The average Bonchev–Trinajstić information content (AvgIpc) is 3.01. The highest BCUT2D eigenvalue weighted by molar-refractivity contribution is 5.87. The number of benzene rings is 1. The Labute approximate surface area is 167 Å². The van der Waals surface area contributed by atoms with Gasteiger partial charge in [0.05, 0.1) is 26.0 Å². The predicted molar refractivity (Wildman–Crippen MR) is 109 cm³/mol. The van der Waals surface area contributed by atoms with Gasteiger partial charge in [0.1, 0.15) is 11.5 Å². The molecule has 0 radical (unpaired) electrons. The first kappa shape index (κ1) is 19.7. The molecule has 2 N–H and O–H groups in total. The van der Waals surface area contributed by atoms with E-state index in [0.717, 1.165) is 50.0 Å². The first-order valence-corrected chi connectivity index (χ1v) is 10.7. The molecule has 5 nitrogen and oxygen atoms in total. The predicted octanol–water partition coefficient (Wildman–Crippen LogP) is 2.91. The zero-order valence-electron chi connectivity index (χ0n) is 17.1. The van der Waals surface area contributed by atoms with Gasteiger partial charge in [0, 0.05) is 24.9 Å². The maximum absolute atomic E-state index is 12.6. The number of fused-ring (bicyclic) bond motifs is 5. The van der Waals surface area contributed by atoms with Crippen LogP contribution in [0.25, 0.3) is 0 Å². The quantitative estimate of drug-likeness (QED) is 0.785. The molecule has 0 aliphatic heterocycles. The Hall–Kier alpha value is -1.59. The van der Waals surface area contributed by atoms with Crippen LogP contribution in [0.3, 0.4) is 0 Å².